The van der Waals surface area contributed by atoms with Crippen molar-refractivity contribution >= 4 is 53.9 Å². The summed E-state index contributed by atoms with van der Waals surface area (Å²) in [5, 5.41) is 11.6. The minimum absolute atomic E-state index is 0.728. The van der Waals surface area contributed by atoms with E-state index < -0.39 is 0 Å². The summed E-state index contributed by atoms with van der Waals surface area (Å²) in [6.07, 6.45) is 0. The summed E-state index contributed by atoms with van der Waals surface area (Å²) in [4.78, 5) is 0. The van der Waals surface area contributed by atoms with Crippen LogP contribution < -0.4 is 9.47 Å². The summed E-state index contributed by atoms with van der Waals surface area (Å²) >= 11 is 0. The lowest BCUT2D eigenvalue weighted by Crippen LogP contribution is -2.02. The number of fused-ring (bicyclic) bond motifs is 11. The summed E-state index contributed by atoms with van der Waals surface area (Å²) in [5.41, 5.74) is 4.71. The highest BCUT2D eigenvalue weighted by Crippen LogP contribution is 2.55. The lowest BCUT2D eigenvalue weighted by molar-refractivity contribution is 0.370. The van der Waals surface area contributed by atoms with Crippen LogP contribution in [0, 0.1) is 0 Å². The van der Waals surface area contributed by atoms with Crippen LogP contribution in [0.1, 0.15) is 0 Å². The first-order valence-electron chi connectivity index (χ1n) is 15.7. The third-order valence-electron chi connectivity index (χ3n) is 9.47. The molecule has 10 rings (SSSR count). The molecule has 0 spiro atoms. The molecule has 0 atom stereocenters. The van der Waals surface area contributed by atoms with Crippen molar-refractivity contribution in [1.29, 1.82) is 0 Å². The third kappa shape index (κ3) is 3.65. The van der Waals surface area contributed by atoms with Crippen LogP contribution in [0.3, 0.4) is 0 Å². The lowest BCUT2D eigenvalue weighted by atomic mass is 9.90. The Morgan fingerprint density at radius 3 is 1.33 bits per heavy atom. The molecule has 1 heterocycles. The van der Waals surface area contributed by atoms with Crippen molar-refractivity contribution in [2.75, 3.05) is 0 Å². The Morgan fingerprint density at radius 1 is 0.304 bits per heavy atom. The fraction of sp³-hybridized carbons (Fsp3) is 0. The number of hydrogen-bond donors (Lipinski definition) is 0. The predicted octanol–water partition coefficient (Wildman–Crippen LogP) is 12.7. The van der Waals surface area contributed by atoms with Gasteiger partial charge in [-0.2, -0.15) is 0 Å². The molecular formula is C44H26O2. The molecule has 0 aliphatic carbocycles. The van der Waals surface area contributed by atoms with Crippen LogP contribution in [0.25, 0.3) is 76.1 Å². The average Bonchev–Trinajstić information content (AvgIpc) is 3.13. The van der Waals surface area contributed by atoms with E-state index in [4.69, 9.17) is 9.47 Å². The van der Waals surface area contributed by atoms with E-state index in [1.807, 2.05) is 0 Å². The Kier molecular flexibility index (Phi) is 5.31. The molecule has 0 saturated heterocycles. The quantitative estimate of drug-likeness (QED) is 0.148. The van der Waals surface area contributed by atoms with E-state index in [2.05, 4.69) is 158 Å². The fourth-order valence-corrected chi connectivity index (χ4v) is 7.38. The minimum Gasteiger partial charge on any atom is -0.449 e. The van der Waals surface area contributed by atoms with E-state index in [-0.39, 0.29) is 0 Å². The lowest BCUT2D eigenvalue weighted by Gasteiger charge is -2.26. The summed E-state index contributed by atoms with van der Waals surface area (Å²) in [6.45, 7) is 0. The molecule has 9 aromatic rings. The van der Waals surface area contributed by atoms with Gasteiger partial charge in [0.15, 0.2) is 23.0 Å². The molecule has 214 valence electrons. The average molecular weight is 587 g/mol. The van der Waals surface area contributed by atoms with Gasteiger partial charge in [0.2, 0.25) is 0 Å². The Balaban J connectivity index is 1.15. The van der Waals surface area contributed by atoms with Gasteiger partial charge in [-0.15, -0.1) is 0 Å². The van der Waals surface area contributed by atoms with Gasteiger partial charge in [-0.1, -0.05) is 146 Å². The molecule has 46 heavy (non-hydrogen) atoms. The maximum atomic E-state index is 6.84. The second-order valence-corrected chi connectivity index (χ2v) is 12.0. The van der Waals surface area contributed by atoms with E-state index >= 15 is 0 Å². The highest BCUT2D eigenvalue weighted by atomic mass is 16.6. The standard InChI is InChI=1S/C44H26O2/c1-3-13-31-29(11-1)25-30-12-2-4-14-32(30)41(31)28-23-21-27(22-24-28)39-26-40-42(36-18-8-7-17-35(36)39)46-44-38-20-10-6-16-34(38)33-15-5-9-19-37(33)43(44)45-40/h1-26H. The summed E-state index contributed by atoms with van der Waals surface area (Å²) in [6, 6.07) is 56.0. The second-order valence-electron chi connectivity index (χ2n) is 12.0. The Bertz CT molecular complexity index is 2630. The molecule has 9 aromatic carbocycles. The van der Waals surface area contributed by atoms with Crippen LogP contribution in [0.2, 0.25) is 0 Å². The highest BCUT2D eigenvalue weighted by molar-refractivity contribution is 6.15. The molecule has 0 N–H and O–H groups in total. The Morgan fingerprint density at radius 2 is 0.739 bits per heavy atom. The third-order valence-corrected chi connectivity index (χ3v) is 9.47. The molecule has 0 saturated carbocycles. The maximum absolute atomic E-state index is 6.84. The molecule has 2 heteroatoms. The monoisotopic (exact) mass is 586 g/mol. The summed E-state index contributed by atoms with van der Waals surface area (Å²) < 4.78 is 13.7. The second kappa shape index (κ2) is 9.69. The van der Waals surface area contributed by atoms with Gasteiger partial charge in [0.1, 0.15) is 0 Å². The molecule has 0 radical (unpaired) electrons. The highest BCUT2D eigenvalue weighted by Gasteiger charge is 2.27. The van der Waals surface area contributed by atoms with E-state index in [0.717, 1.165) is 66.4 Å². The molecule has 0 amide bonds. The van der Waals surface area contributed by atoms with E-state index in [1.165, 1.54) is 32.7 Å². The van der Waals surface area contributed by atoms with Gasteiger partial charge < -0.3 is 9.47 Å². The normalized spacial score (nSPS) is 12.3. The predicted molar refractivity (Wildman–Crippen MR) is 191 cm³/mol. The van der Waals surface area contributed by atoms with Crippen molar-refractivity contribution in [2.24, 2.45) is 0 Å². The maximum Gasteiger partial charge on any atom is 0.178 e. The molecule has 0 aromatic heterocycles. The molecule has 1 aliphatic heterocycles. The number of benzene rings is 9. The van der Waals surface area contributed by atoms with Crippen molar-refractivity contribution in [3.8, 4) is 45.3 Å². The zero-order valence-electron chi connectivity index (χ0n) is 24.8. The zero-order valence-corrected chi connectivity index (χ0v) is 24.8. The van der Waals surface area contributed by atoms with Gasteiger partial charge in [-0.05, 0) is 72.1 Å². The van der Waals surface area contributed by atoms with Crippen LogP contribution >= 0.6 is 0 Å². The molecule has 2 nitrogen and oxygen atoms in total. The topological polar surface area (TPSA) is 18.5 Å². The number of rotatable bonds is 2. The molecule has 0 fully saturated rings. The first-order valence-corrected chi connectivity index (χ1v) is 15.7. The Hall–Kier alpha value is -6.12. The van der Waals surface area contributed by atoms with Crippen LogP contribution in [-0.4, -0.2) is 0 Å². The number of ether oxygens (including phenoxy) is 2. The van der Waals surface area contributed by atoms with E-state index in [1.54, 1.807) is 0 Å². The fourth-order valence-electron chi connectivity index (χ4n) is 7.38. The van der Waals surface area contributed by atoms with Gasteiger partial charge >= 0.3 is 0 Å². The van der Waals surface area contributed by atoms with Gasteiger partial charge in [-0.3, -0.25) is 0 Å². The van der Waals surface area contributed by atoms with Crippen LogP contribution in [-0.2, 0) is 0 Å². The van der Waals surface area contributed by atoms with Crippen molar-refractivity contribution in [1.82, 2.24) is 0 Å². The van der Waals surface area contributed by atoms with Gasteiger partial charge in [-0.25, -0.2) is 0 Å². The van der Waals surface area contributed by atoms with Gasteiger partial charge in [0, 0.05) is 16.2 Å². The van der Waals surface area contributed by atoms with Gasteiger partial charge in [0.25, 0.3) is 0 Å². The van der Waals surface area contributed by atoms with Crippen molar-refractivity contribution in [3.05, 3.63) is 158 Å². The SMILES string of the molecule is c1ccc2c(-c3ccc(-c4cc5c(c6ccccc46)Oc4c(c6ccccc6c6ccccc46)O5)cc3)c3ccccc3cc2c1. The van der Waals surface area contributed by atoms with Crippen molar-refractivity contribution in [3.63, 3.8) is 0 Å². The van der Waals surface area contributed by atoms with E-state index in [0.29, 0.717) is 0 Å². The largest absolute Gasteiger partial charge is 0.449 e. The Labute approximate surface area is 265 Å². The van der Waals surface area contributed by atoms with E-state index in [9.17, 15) is 0 Å². The zero-order chi connectivity index (χ0) is 30.2. The minimum atomic E-state index is 0.728. The van der Waals surface area contributed by atoms with Crippen LogP contribution in [0.15, 0.2) is 158 Å². The van der Waals surface area contributed by atoms with Gasteiger partial charge in [0.05, 0.1) is 0 Å². The molecule has 1 aliphatic rings. The van der Waals surface area contributed by atoms with Crippen molar-refractivity contribution in [2.45, 2.75) is 0 Å². The first-order chi connectivity index (χ1) is 22.8. The molecule has 0 unspecified atom stereocenters. The van der Waals surface area contributed by atoms with Crippen LogP contribution in [0.4, 0.5) is 0 Å². The molecular weight excluding hydrogens is 560 g/mol. The number of hydrogen-bond acceptors (Lipinski definition) is 2. The molecule has 0 bridgehead atoms. The summed E-state index contributed by atoms with van der Waals surface area (Å²) in [5.74, 6) is 3.02. The summed E-state index contributed by atoms with van der Waals surface area (Å²) in [7, 11) is 0. The first kappa shape index (κ1) is 25.2. The smallest absolute Gasteiger partial charge is 0.178 e. The van der Waals surface area contributed by atoms with Crippen LogP contribution in [0.5, 0.6) is 23.0 Å². The van der Waals surface area contributed by atoms with Crippen molar-refractivity contribution < 1.29 is 9.47 Å².